The predicted molar refractivity (Wildman–Crippen MR) is 68.9 cm³/mol. The lowest BCUT2D eigenvalue weighted by molar-refractivity contribution is -0.384. The number of rotatable bonds is 3. The molecular weight excluding hydrogens is 334 g/mol. The number of carbonyl (C=O) groups is 1. The molecule has 0 saturated carbocycles. The Morgan fingerprint density at radius 3 is 2.52 bits per heavy atom. The molecule has 0 bridgehead atoms. The van der Waals surface area contributed by atoms with E-state index in [1.807, 2.05) is 0 Å². The molecule has 1 heterocycles. The summed E-state index contributed by atoms with van der Waals surface area (Å²) in [5.74, 6) is -1.84. The third kappa shape index (κ3) is 2.95. The van der Waals surface area contributed by atoms with Gasteiger partial charge in [-0.3, -0.25) is 14.9 Å². The lowest BCUT2D eigenvalue weighted by Crippen LogP contribution is -2.28. The number of amides is 1. The van der Waals surface area contributed by atoms with Crippen LogP contribution < -0.4 is 4.90 Å². The number of nitrogens with zero attached hydrogens (tertiary/aromatic N) is 2. The minimum atomic E-state index is -4.98. The van der Waals surface area contributed by atoms with Gasteiger partial charge in [-0.15, -0.1) is 3.89 Å². The van der Waals surface area contributed by atoms with Gasteiger partial charge in [-0.1, -0.05) is 11.6 Å². The minimum absolute atomic E-state index is 0.438. The fourth-order valence-corrected chi connectivity index (χ4v) is 3.01. The minimum Gasteiger partial charge on any atom is -0.304 e. The van der Waals surface area contributed by atoms with Gasteiger partial charge in [0.15, 0.2) is 0 Å². The largest absolute Gasteiger partial charge is 0.307 e. The van der Waals surface area contributed by atoms with Crippen LogP contribution in [0.5, 0.6) is 0 Å². The lowest BCUT2D eigenvalue weighted by atomic mass is 10.2. The number of halogens is 3. The molecule has 1 aliphatic heterocycles. The van der Waals surface area contributed by atoms with E-state index in [4.69, 9.17) is 11.6 Å². The highest BCUT2D eigenvalue weighted by Crippen LogP contribution is 2.39. The number of benzene rings is 1. The molecule has 114 valence electrons. The van der Waals surface area contributed by atoms with Gasteiger partial charge in [0.25, 0.3) is 5.69 Å². The quantitative estimate of drug-likeness (QED) is 0.474. The zero-order valence-electron chi connectivity index (χ0n) is 10.1. The highest BCUT2D eigenvalue weighted by atomic mass is 35.5. The Labute approximate surface area is 122 Å². The van der Waals surface area contributed by atoms with Gasteiger partial charge in [-0.25, -0.2) is 4.39 Å². The molecule has 1 saturated heterocycles. The summed E-state index contributed by atoms with van der Waals surface area (Å²) >= 11 is 5.70. The maximum absolute atomic E-state index is 13.2. The van der Waals surface area contributed by atoms with Gasteiger partial charge in [-0.05, 0) is 6.07 Å². The van der Waals surface area contributed by atoms with Crippen LogP contribution in [-0.2, 0) is 15.0 Å². The van der Waals surface area contributed by atoms with Crippen molar-refractivity contribution in [1.82, 2.24) is 0 Å². The summed E-state index contributed by atoms with van der Waals surface area (Å²) in [6, 6.07) is 1.29. The number of hydrogen-bond acceptors (Lipinski definition) is 5. The Balaban J connectivity index is 2.53. The van der Waals surface area contributed by atoms with Crippen LogP contribution in [0.15, 0.2) is 12.1 Å². The first-order valence-corrected chi connectivity index (χ1v) is 7.31. The number of nitro groups is 1. The summed E-state index contributed by atoms with van der Waals surface area (Å²) in [4.78, 5) is 22.4. The van der Waals surface area contributed by atoms with E-state index < -0.39 is 61.5 Å². The molecule has 11 heteroatoms. The predicted octanol–water partition coefficient (Wildman–Crippen LogP) is 1.79. The fourth-order valence-electron chi connectivity index (χ4n) is 2.04. The Kier molecular flexibility index (Phi) is 3.85. The van der Waals surface area contributed by atoms with Crippen LogP contribution in [0.25, 0.3) is 0 Å². The Morgan fingerprint density at radius 2 is 2.05 bits per heavy atom. The summed E-state index contributed by atoms with van der Waals surface area (Å²) in [6.45, 7) is -0.621. The van der Waals surface area contributed by atoms with Crippen molar-refractivity contribution < 1.29 is 26.4 Å². The summed E-state index contributed by atoms with van der Waals surface area (Å²) in [5, 5.41) is 8.85. The van der Waals surface area contributed by atoms with Gasteiger partial charge in [-0.2, -0.15) is 8.42 Å². The van der Waals surface area contributed by atoms with E-state index in [9.17, 15) is 31.6 Å². The summed E-state index contributed by atoms with van der Waals surface area (Å²) in [7, 11) is -4.98. The zero-order chi connectivity index (χ0) is 15.9. The Morgan fingerprint density at radius 1 is 1.43 bits per heavy atom. The first-order chi connectivity index (χ1) is 9.61. The van der Waals surface area contributed by atoms with Gasteiger partial charge in [0, 0.05) is 13.0 Å². The highest BCUT2D eigenvalue weighted by Gasteiger charge is 2.42. The highest BCUT2D eigenvalue weighted by molar-refractivity contribution is 7.87. The molecule has 1 unspecified atom stereocenters. The van der Waals surface area contributed by atoms with E-state index in [1.54, 1.807) is 0 Å². The molecular formula is C10H7ClF2N2O5S. The van der Waals surface area contributed by atoms with E-state index in [2.05, 4.69) is 0 Å². The van der Waals surface area contributed by atoms with Crippen LogP contribution in [0.3, 0.4) is 0 Å². The number of nitro benzene ring substituents is 1. The lowest BCUT2D eigenvalue weighted by Gasteiger charge is -2.17. The Bertz CT molecular complexity index is 739. The second-order valence-electron chi connectivity index (χ2n) is 4.32. The van der Waals surface area contributed by atoms with E-state index in [0.29, 0.717) is 11.0 Å². The molecule has 1 amide bonds. The van der Waals surface area contributed by atoms with Crippen molar-refractivity contribution in [2.24, 2.45) is 0 Å². The monoisotopic (exact) mass is 340 g/mol. The fraction of sp³-hybridized carbons (Fsp3) is 0.300. The van der Waals surface area contributed by atoms with Crippen molar-refractivity contribution in [2.75, 3.05) is 11.4 Å². The maximum Gasteiger partial charge on any atom is 0.307 e. The number of hydrogen-bond donors (Lipinski definition) is 0. The second kappa shape index (κ2) is 5.19. The van der Waals surface area contributed by atoms with Crippen molar-refractivity contribution in [1.29, 1.82) is 0 Å². The molecule has 1 aliphatic rings. The molecule has 21 heavy (non-hydrogen) atoms. The molecule has 0 spiro atoms. The first-order valence-electron chi connectivity index (χ1n) is 5.48. The third-order valence-corrected chi connectivity index (χ3v) is 4.36. The maximum atomic E-state index is 13.2. The van der Waals surface area contributed by atoms with Gasteiger partial charge in [0.05, 0.1) is 16.0 Å². The van der Waals surface area contributed by atoms with Gasteiger partial charge < -0.3 is 4.90 Å². The average molecular weight is 341 g/mol. The smallest absolute Gasteiger partial charge is 0.304 e. The van der Waals surface area contributed by atoms with E-state index in [-0.39, 0.29) is 0 Å². The first kappa shape index (κ1) is 15.6. The molecule has 1 fully saturated rings. The standard InChI is InChI=1S/C10H7ClF2N2O5S/c11-7-1-5(12)2-8(15(17)18)10(7)14-4-6(3-9(14)16)21(13,19)20/h1-2,6H,3-4H2. The molecule has 0 radical (unpaired) electrons. The molecule has 0 aromatic heterocycles. The van der Waals surface area contributed by atoms with Crippen molar-refractivity contribution in [2.45, 2.75) is 11.7 Å². The number of anilines is 1. The van der Waals surface area contributed by atoms with Crippen LogP contribution in [0.4, 0.5) is 19.7 Å². The van der Waals surface area contributed by atoms with Crippen LogP contribution in [0, 0.1) is 15.9 Å². The molecule has 2 rings (SSSR count). The van der Waals surface area contributed by atoms with Crippen LogP contribution in [0.1, 0.15) is 6.42 Å². The molecule has 1 atom stereocenters. The van der Waals surface area contributed by atoms with Crippen LogP contribution in [0.2, 0.25) is 5.02 Å². The van der Waals surface area contributed by atoms with Crippen LogP contribution >= 0.6 is 11.6 Å². The Hall–Kier alpha value is -1.81. The van der Waals surface area contributed by atoms with Gasteiger partial charge in [0.2, 0.25) is 5.91 Å². The topological polar surface area (TPSA) is 97.6 Å². The molecule has 0 N–H and O–H groups in total. The summed E-state index contributed by atoms with van der Waals surface area (Å²) in [5.41, 5.74) is -1.25. The van der Waals surface area contributed by atoms with Crippen molar-refractivity contribution >= 4 is 39.1 Å². The molecule has 1 aromatic carbocycles. The summed E-state index contributed by atoms with van der Waals surface area (Å²) in [6.07, 6.45) is -0.663. The van der Waals surface area contributed by atoms with Crippen LogP contribution in [-0.4, -0.2) is 31.0 Å². The third-order valence-electron chi connectivity index (χ3n) is 2.96. The average Bonchev–Trinajstić information content (AvgIpc) is 2.70. The normalized spacial score (nSPS) is 19.1. The molecule has 0 aliphatic carbocycles. The van der Waals surface area contributed by atoms with Gasteiger partial charge in [0.1, 0.15) is 16.8 Å². The van der Waals surface area contributed by atoms with E-state index >= 15 is 0 Å². The van der Waals surface area contributed by atoms with Gasteiger partial charge >= 0.3 is 10.2 Å². The van der Waals surface area contributed by atoms with E-state index in [1.165, 1.54) is 0 Å². The summed E-state index contributed by atoms with van der Waals surface area (Å²) < 4.78 is 47.8. The van der Waals surface area contributed by atoms with Crippen molar-refractivity contribution in [3.05, 3.63) is 33.1 Å². The van der Waals surface area contributed by atoms with E-state index in [0.717, 1.165) is 6.07 Å². The number of carbonyl (C=O) groups excluding carboxylic acids is 1. The zero-order valence-corrected chi connectivity index (χ0v) is 11.7. The van der Waals surface area contributed by atoms with Crippen molar-refractivity contribution in [3.8, 4) is 0 Å². The SMILES string of the molecule is O=C1CC(S(=O)(=O)F)CN1c1c(Cl)cc(F)cc1[N+](=O)[O-]. The van der Waals surface area contributed by atoms with Crippen molar-refractivity contribution in [3.63, 3.8) is 0 Å². The second-order valence-corrected chi connectivity index (χ2v) is 6.34. The molecule has 1 aromatic rings. The molecule has 7 nitrogen and oxygen atoms in total.